The third kappa shape index (κ3) is 2.18. The molecule has 0 atom stereocenters. The monoisotopic (exact) mass is 265 g/mol. The molecule has 0 aromatic carbocycles. The molecule has 8 heteroatoms. The van der Waals surface area contributed by atoms with Gasteiger partial charge in [-0.25, -0.2) is 0 Å². The molecule has 7 nitrogen and oxygen atoms in total. The van der Waals surface area contributed by atoms with Gasteiger partial charge in [-0.2, -0.15) is 16.4 Å². The van der Waals surface area contributed by atoms with Crippen molar-refractivity contribution in [1.82, 2.24) is 10.2 Å². The van der Waals surface area contributed by atoms with Crippen molar-refractivity contribution >= 4 is 28.9 Å². The van der Waals surface area contributed by atoms with Crippen molar-refractivity contribution in [1.29, 1.82) is 0 Å². The number of nitrogens with one attached hydrogen (secondary N) is 2. The van der Waals surface area contributed by atoms with Crippen LogP contribution in [0, 0.1) is 6.92 Å². The first-order valence-corrected chi connectivity index (χ1v) is 5.93. The number of rotatable bonds is 3. The molecular weight excluding hydrogens is 254 g/mol. The van der Waals surface area contributed by atoms with Crippen LogP contribution in [0.5, 0.6) is 0 Å². The zero-order chi connectivity index (χ0) is 13.1. The van der Waals surface area contributed by atoms with Crippen LogP contribution < -0.4 is 11.1 Å². The summed E-state index contributed by atoms with van der Waals surface area (Å²) in [4.78, 5) is 12.0. The predicted molar refractivity (Wildman–Crippen MR) is 68.1 cm³/mol. The Morgan fingerprint density at radius 3 is 2.94 bits per heavy atom. The number of amidine groups is 1. The van der Waals surface area contributed by atoms with Gasteiger partial charge in [-0.05, 0) is 17.9 Å². The molecule has 94 valence electrons. The van der Waals surface area contributed by atoms with Crippen LogP contribution in [-0.2, 0) is 0 Å². The highest BCUT2D eigenvalue weighted by molar-refractivity contribution is 7.08. The molecule has 1 amide bonds. The molecule has 0 spiro atoms. The van der Waals surface area contributed by atoms with Gasteiger partial charge in [0.25, 0.3) is 5.91 Å². The number of carbonyl (C=O) groups excluding carboxylic acids is 1. The highest BCUT2D eigenvalue weighted by Gasteiger charge is 2.15. The maximum absolute atomic E-state index is 12.0. The van der Waals surface area contributed by atoms with E-state index in [1.807, 2.05) is 12.3 Å². The van der Waals surface area contributed by atoms with Crippen molar-refractivity contribution in [3.8, 4) is 0 Å². The van der Waals surface area contributed by atoms with E-state index in [-0.39, 0.29) is 11.7 Å². The topological polar surface area (TPSA) is 116 Å². The molecule has 2 heterocycles. The summed E-state index contributed by atoms with van der Waals surface area (Å²) in [6.07, 6.45) is 1.37. The average molecular weight is 265 g/mol. The summed E-state index contributed by atoms with van der Waals surface area (Å²) in [5.41, 5.74) is 7.26. The van der Waals surface area contributed by atoms with Gasteiger partial charge >= 0.3 is 0 Å². The summed E-state index contributed by atoms with van der Waals surface area (Å²) < 4.78 is 0. The number of carbonyl (C=O) groups is 1. The summed E-state index contributed by atoms with van der Waals surface area (Å²) in [5.74, 6) is -0.105. The summed E-state index contributed by atoms with van der Waals surface area (Å²) >= 11 is 1.45. The van der Waals surface area contributed by atoms with E-state index in [9.17, 15) is 4.79 Å². The van der Waals surface area contributed by atoms with Crippen LogP contribution in [0.2, 0.25) is 0 Å². The van der Waals surface area contributed by atoms with E-state index in [1.165, 1.54) is 17.5 Å². The molecule has 0 aliphatic carbocycles. The lowest BCUT2D eigenvalue weighted by atomic mass is 10.2. The van der Waals surface area contributed by atoms with Crippen molar-refractivity contribution < 1.29 is 10.0 Å². The van der Waals surface area contributed by atoms with Gasteiger partial charge in [0.1, 0.15) is 5.82 Å². The first-order chi connectivity index (χ1) is 8.63. The molecule has 0 aliphatic rings. The second kappa shape index (κ2) is 4.88. The fourth-order valence-electron chi connectivity index (χ4n) is 1.40. The third-order valence-corrected chi connectivity index (χ3v) is 3.22. The second-order valence-electron chi connectivity index (χ2n) is 3.57. The lowest BCUT2D eigenvalue weighted by molar-refractivity contribution is 0.102. The number of anilines is 1. The van der Waals surface area contributed by atoms with Gasteiger partial charge < -0.3 is 16.3 Å². The smallest absolute Gasteiger partial charge is 0.257 e. The van der Waals surface area contributed by atoms with Crippen LogP contribution in [0.3, 0.4) is 0 Å². The number of hydrogen-bond acceptors (Lipinski definition) is 5. The molecule has 0 saturated carbocycles. The van der Waals surface area contributed by atoms with Crippen LogP contribution in [0.25, 0.3) is 0 Å². The molecule has 0 fully saturated rings. The molecule has 2 aromatic rings. The Hall–Kier alpha value is -2.35. The van der Waals surface area contributed by atoms with Crippen LogP contribution in [0.1, 0.15) is 21.5 Å². The van der Waals surface area contributed by atoms with E-state index in [0.717, 1.165) is 5.56 Å². The molecule has 0 radical (unpaired) electrons. The van der Waals surface area contributed by atoms with Crippen LogP contribution in [-0.4, -0.2) is 27.1 Å². The van der Waals surface area contributed by atoms with Gasteiger partial charge in [-0.15, -0.1) is 0 Å². The Bertz CT molecular complexity index is 601. The van der Waals surface area contributed by atoms with Crippen LogP contribution in [0.15, 0.2) is 22.1 Å². The number of amides is 1. The summed E-state index contributed by atoms with van der Waals surface area (Å²) in [5, 5.41) is 24.1. The molecular formula is C10H11N5O2S. The first-order valence-electron chi connectivity index (χ1n) is 4.99. The largest absolute Gasteiger partial charge is 0.409 e. The minimum absolute atomic E-state index is 0.124. The van der Waals surface area contributed by atoms with Gasteiger partial charge in [-0.3, -0.25) is 9.89 Å². The number of nitrogens with zero attached hydrogens (tertiary/aromatic N) is 2. The van der Waals surface area contributed by atoms with Gasteiger partial charge in [0.2, 0.25) is 0 Å². The second-order valence-corrected chi connectivity index (χ2v) is 4.31. The third-order valence-electron chi connectivity index (χ3n) is 2.36. The number of aromatic amines is 1. The molecule has 0 unspecified atom stereocenters. The maximum Gasteiger partial charge on any atom is 0.257 e. The van der Waals surface area contributed by atoms with E-state index in [2.05, 4.69) is 20.7 Å². The van der Waals surface area contributed by atoms with Gasteiger partial charge in [0.05, 0.1) is 17.3 Å². The maximum atomic E-state index is 12.0. The quantitative estimate of drug-likeness (QED) is 0.288. The predicted octanol–water partition coefficient (Wildman–Crippen LogP) is 1.13. The highest BCUT2D eigenvalue weighted by atomic mass is 32.1. The van der Waals surface area contributed by atoms with E-state index < -0.39 is 0 Å². The van der Waals surface area contributed by atoms with Gasteiger partial charge in [0.15, 0.2) is 5.84 Å². The fourth-order valence-corrected chi connectivity index (χ4v) is 2.23. The first kappa shape index (κ1) is 12.1. The van der Waals surface area contributed by atoms with E-state index in [0.29, 0.717) is 16.9 Å². The Kier molecular flexibility index (Phi) is 3.28. The van der Waals surface area contributed by atoms with Crippen molar-refractivity contribution in [3.63, 3.8) is 0 Å². The molecule has 2 rings (SSSR count). The molecule has 0 bridgehead atoms. The summed E-state index contributed by atoms with van der Waals surface area (Å²) in [6, 6.07) is 0. The number of thiophene rings is 1. The number of aryl methyl sites for hydroxylation is 1. The average Bonchev–Trinajstić information content (AvgIpc) is 2.97. The standard InChI is InChI=1S/C10H11N5O2S/c1-5-3-18-4-7(5)10(16)13-9-6(2-12-14-9)8(11)15-17/h2-4,17H,1H3,(H2,11,15)(H2,12,13,14,16). The molecule has 5 N–H and O–H groups in total. The summed E-state index contributed by atoms with van der Waals surface area (Å²) in [6.45, 7) is 1.85. The normalized spacial score (nSPS) is 11.5. The number of aromatic nitrogens is 2. The Morgan fingerprint density at radius 2 is 2.33 bits per heavy atom. The zero-order valence-corrected chi connectivity index (χ0v) is 10.3. The SMILES string of the molecule is Cc1cscc1C(=O)Nc1[nH]ncc1C(N)=NO. The highest BCUT2D eigenvalue weighted by Crippen LogP contribution is 2.17. The Labute approximate surface area is 106 Å². The van der Waals surface area contributed by atoms with Crippen molar-refractivity contribution in [2.45, 2.75) is 6.92 Å². The fraction of sp³-hybridized carbons (Fsp3) is 0.100. The summed E-state index contributed by atoms with van der Waals surface area (Å²) in [7, 11) is 0. The van der Waals surface area contributed by atoms with Gasteiger partial charge in [-0.1, -0.05) is 5.16 Å². The van der Waals surface area contributed by atoms with Crippen LogP contribution in [0.4, 0.5) is 5.82 Å². The minimum atomic E-state index is -0.273. The lowest BCUT2D eigenvalue weighted by Crippen LogP contribution is -2.18. The van der Waals surface area contributed by atoms with Crippen LogP contribution >= 0.6 is 11.3 Å². The van der Waals surface area contributed by atoms with E-state index >= 15 is 0 Å². The Balaban J connectivity index is 2.23. The molecule has 0 saturated heterocycles. The minimum Gasteiger partial charge on any atom is -0.409 e. The molecule has 18 heavy (non-hydrogen) atoms. The zero-order valence-electron chi connectivity index (χ0n) is 9.47. The van der Waals surface area contributed by atoms with Crippen molar-refractivity contribution in [3.05, 3.63) is 33.6 Å². The lowest BCUT2D eigenvalue weighted by Gasteiger charge is -2.04. The van der Waals surface area contributed by atoms with E-state index in [1.54, 1.807) is 5.38 Å². The van der Waals surface area contributed by atoms with Gasteiger partial charge in [0, 0.05) is 5.38 Å². The van der Waals surface area contributed by atoms with Crippen molar-refractivity contribution in [2.75, 3.05) is 5.32 Å². The Morgan fingerprint density at radius 1 is 1.56 bits per heavy atom. The number of nitrogens with two attached hydrogens (primary N) is 1. The number of H-pyrrole nitrogens is 1. The number of oxime groups is 1. The van der Waals surface area contributed by atoms with Crippen molar-refractivity contribution in [2.24, 2.45) is 10.9 Å². The van der Waals surface area contributed by atoms with E-state index in [4.69, 9.17) is 10.9 Å². The number of hydrogen-bond donors (Lipinski definition) is 4. The molecule has 0 aliphatic heterocycles. The molecule has 2 aromatic heterocycles.